The van der Waals surface area contributed by atoms with E-state index in [0.29, 0.717) is 17.9 Å². The van der Waals surface area contributed by atoms with E-state index in [1.807, 2.05) is 31.2 Å². The Morgan fingerprint density at radius 2 is 1.24 bits per heavy atom. The second kappa shape index (κ2) is 12.9. The quantitative estimate of drug-likeness (QED) is 0.204. The molecule has 0 N–H and O–H groups in total. The lowest BCUT2D eigenvalue weighted by Gasteiger charge is -2.18. The zero-order valence-corrected chi connectivity index (χ0v) is 21.7. The van der Waals surface area contributed by atoms with Gasteiger partial charge in [-0.1, -0.05) is 59.2 Å². The number of esters is 2. The lowest BCUT2D eigenvalue weighted by Crippen LogP contribution is -2.09. The minimum Gasteiger partial charge on any atom is -0.426 e. The normalized spacial score (nSPS) is 12.0. The number of benzene rings is 2. The molecule has 0 unspecified atom stereocenters. The van der Waals surface area contributed by atoms with Crippen LogP contribution in [0.1, 0.15) is 78.4 Å². The molecule has 0 saturated carbocycles. The minimum atomic E-state index is -0.377. The molecule has 34 heavy (non-hydrogen) atoms. The fourth-order valence-corrected chi connectivity index (χ4v) is 3.95. The highest BCUT2D eigenvalue weighted by Crippen LogP contribution is 2.41. The molecule has 0 amide bonds. The molecule has 2 aromatic carbocycles. The second-order valence-corrected chi connectivity index (χ2v) is 9.16. The highest BCUT2D eigenvalue weighted by Gasteiger charge is 2.20. The maximum Gasteiger partial charge on any atom is 0.308 e. The van der Waals surface area contributed by atoms with E-state index in [2.05, 4.69) is 45.9 Å². The Labute approximate surface area is 204 Å². The van der Waals surface area contributed by atoms with Crippen molar-refractivity contribution in [3.8, 4) is 11.5 Å². The Bertz CT molecular complexity index is 1130. The Morgan fingerprint density at radius 1 is 0.735 bits per heavy atom. The van der Waals surface area contributed by atoms with Crippen molar-refractivity contribution < 1.29 is 19.1 Å². The van der Waals surface area contributed by atoms with Crippen molar-refractivity contribution in [3.63, 3.8) is 0 Å². The van der Waals surface area contributed by atoms with Crippen molar-refractivity contribution in [2.75, 3.05) is 0 Å². The molecule has 2 aromatic rings. The minimum absolute atomic E-state index is 0.375. The molecule has 4 nitrogen and oxygen atoms in total. The van der Waals surface area contributed by atoms with Gasteiger partial charge in [0.05, 0.1) is 0 Å². The molecular formula is C30H38O4. The van der Waals surface area contributed by atoms with Crippen LogP contribution in [0.5, 0.6) is 11.5 Å². The summed E-state index contributed by atoms with van der Waals surface area (Å²) in [6.45, 7) is 13.3. The van der Waals surface area contributed by atoms with Gasteiger partial charge in [0.2, 0.25) is 0 Å². The first-order chi connectivity index (χ1) is 16.1. The molecule has 2 rings (SSSR count). The van der Waals surface area contributed by atoms with Crippen molar-refractivity contribution in [1.29, 1.82) is 0 Å². The number of hydrogen-bond acceptors (Lipinski definition) is 4. The van der Waals surface area contributed by atoms with E-state index in [1.165, 1.54) is 30.6 Å². The van der Waals surface area contributed by atoms with Gasteiger partial charge in [-0.3, -0.25) is 9.59 Å². The van der Waals surface area contributed by atoms with Crippen LogP contribution in [0.3, 0.4) is 0 Å². The van der Waals surface area contributed by atoms with Gasteiger partial charge in [0, 0.05) is 30.2 Å². The zero-order chi connectivity index (χ0) is 25.3. The molecule has 0 aliphatic heterocycles. The van der Waals surface area contributed by atoms with Crippen molar-refractivity contribution >= 4 is 22.7 Å². The summed E-state index contributed by atoms with van der Waals surface area (Å²) < 4.78 is 11.3. The van der Waals surface area contributed by atoms with Gasteiger partial charge >= 0.3 is 11.9 Å². The number of rotatable bonds is 10. The van der Waals surface area contributed by atoms with Crippen molar-refractivity contribution in [2.45, 2.75) is 80.6 Å². The summed E-state index contributed by atoms with van der Waals surface area (Å²) in [7, 11) is 0. The highest BCUT2D eigenvalue weighted by molar-refractivity contribution is 5.98. The van der Waals surface area contributed by atoms with Crippen LogP contribution < -0.4 is 9.47 Å². The van der Waals surface area contributed by atoms with Gasteiger partial charge < -0.3 is 9.47 Å². The first-order valence-electron chi connectivity index (χ1n) is 12.0. The number of carbonyl (C=O) groups is 2. The zero-order valence-electron chi connectivity index (χ0n) is 21.7. The van der Waals surface area contributed by atoms with Crippen LogP contribution in [0.2, 0.25) is 0 Å². The lowest BCUT2D eigenvalue weighted by molar-refractivity contribution is -0.133. The average Bonchev–Trinajstić information content (AvgIpc) is 2.75. The average molecular weight is 463 g/mol. The van der Waals surface area contributed by atoms with Crippen LogP contribution in [-0.2, 0) is 16.0 Å². The molecule has 0 heterocycles. The molecule has 0 radical (unpaired) electrons. The van der Waals surface area contributed by atoms with Gasteiger partial charge in [0.15, 0.2) is 0 Å². The smallest absolute Gasteiger partial charge is 0.308 e. The molecule has 0 aliphatic rings. The molecule has 182 valence electrons. The Kier molecular flexibility index (Phi) is 10.3. The largest absolute Gasteiger partial charge is 0.426 e. The van der Waals surface area contributed by atoms with Crippen LogP contribution in [-0.4, -0.2) is 11.9 Å². The monoisotopic (exact) mass is 462 g/mol. The van der Waals surface area contributed by atoms with E-state index in [4.69, 9.17) is 9.47 Å². The fraction of sp³-hybridized carbons (Fsp3) is 0.400. The summed E-state index contributed by atoms with van der Waals surface area (Å²) in [5.41, 5.74) is 5.71. The summed E-state index contributed by atoms with van der Waals surface area (Å²) in [6.07, 6.45) is 11.5. The molecule has 4 heteroatoms. The third-order valence-corrected chi connectivity index (χ3v) is 5.75. The van der Waals surface area contributed by atoms with Crippen molar-refractivity contribution in [2.24, 2.45) is 0 Å². The molecule has 0 saturated heterocycles. The van der Waals surface area contributed by atoms with Crippen molar-refractivity contribution in [1.82, 2.24) is 0 Å². The Hall–Kier alpha value is -3.14. The third-order valence-electron chi connectivity index (χ3n) is 5.75. The highest BCUT2D eigenvalue weighted by atomic mass is 16.5. The molecule has 0 aromatic heterocycles. The number of hydrogen-bond donors (Lipinski definition) is 0. The van der Waals surface area contributed by atoms with E-state index >= 15 is 0 Å². The van der Waals surface area contributed by atoms with Crippen LogP contribution >= 0.6 is 0 Å². The van der Waals surface area contributed by atoms with Crippen LogP contribution in [0.25, 0.3) is 10.8 Å². The first-order valence-corrected chi connectivity index (χ1v) is 12.0. The van der Waals surface area contributed by atoms with Gasteiger partial charge in [0.1, 0.15) is 11.5 Å². The predicted molar refractivity (Wildman–Crippen MR) is 140 cm³/mol. The number of ether oxygens (including phenoxy) is 2. The molecule has 0 spiro atoms. The maximum atomic E-state index is 11.9. The standard InChI is InChI=1S/C30H38O4/c1-20(2)12-10-13-21(3)14-11-15-22(4)18-19-26-23(5)29(33-24(6)31)27-16-8-9-17-28(27)30(26)34-25(7)32/h8-9,12,14,16-18H,10-11,13,15,19H2,1-7H3. The first kappa shape index (κ1) is 27.1. The molecule has 0 fully saturated rings. The third kappa shape index (κ3) is 8.02. The predicted octanol–water partition coefficient (Wildman–Crippen LogP) is 7.96. The summed E-state index contributed by atoms with van der Waals surface area (Å²) in [5.74, 6) is 0.309. The van der Waals surface area contributed by atoms with E-state index in [1.54, 1.807) is 0 Å². The summed E-state index contributed by atoms with van der Waals surface area (Å²) in [5, 5.41) is 1.51. The number of fused-ring (bicyclic) bond motifs is 1. The molecule has 0 atom stereocenters. The van der Waals surface area contributed by atoms with Gasteiger partial charge in [0.25, 0.3) is 0 Å². The molecule has 0 aliphatic carbocycles. The number of carbonyl (C=O) groups excluding carboxylic acids is 2. The number of allylic oxidation sites excluding steroid dienone is 6. The van der Waals surface area contributed by atoms with E-state index in [-0.39, 0.29) is 11.9 Å². The summed E-state index contributed by atoms with van der Waals surface area (Å²) in [6, 6.07) is 7.54. The second-order valence-electron chi connectivity index (χ2n) is 9.16. The molecule has 0 bridgehead atoms. The summed E-state index contributed by atoms with van der Waals surface area (Å²) in [4.78, 5) is 23.7. The van der Waals surface area contributed by atoms with Gasteiger partial charge in [-0.2, -0.15) is 0 Å². The van der Waals surface area contributed by atoms with Crippen LogP contribution in [0, 0.1) is 6.92 Å². The SMILES string of the molecule is CC(=O)Oc1c(C)c(CC=C(C)CCC=C(C)CCC=C(C)C)c(OC(C)=O)c2ccccc12. The van der Waals surface area contributed by atoms with Gasteiger partial charge in [-0.05, 0) is 72.3 Å². The lowest BCUT2D eigenvalue weighted by atomic mass is 9.95. The van der Waals surface area contributed by atoms with Crippen LogP contribution in [0.15, 0.2) is 59.2 Å². The molecular weight excluding hydrogens is 424 g/mol. The van der Waals surface area contributed by atoms with Crippen molar-refractivity contribution in [3.05, 3.63) is 70.3 Å². The van der Waals surface area contributed by atoms with Crippen LogP contribution in [0.4, 0.5) is 0 Å². The van der Waals surface area contributed by atoms with Gasteiger partial charge in [-0.15, -0.1) is 0 Å². The van der Waals surface area contributed by atoms with E-state index < -0.39 is 0 Å². The topological polar surface area (TPSA) is 52.6 Å². The fourth-order valence-electron chi connectivity index (χ4n) is 3.95. The summed E-state index contributed by atoms with van der Waals surface area (Å²) >= 11 is 0. The maximum absolute atomic E-state index is 11.9. The Morgan fingerprint density at radius 3 is 1.79 bits per heavy atom. The van der Waals surface area contributed by atoms with E-state index in [9.17, 15) is 9.59 Å². The van der Waals surface area contributed by atoms with Gasteiger partial charge in [-0.25, -0.2) is 0 Å². The van der Waals surface area contributed by atoms with E-state index in [0.717, 1.165) is 47.6 Å². The Balaban J connectivity index is 2.30.